The van der Waals surface area contributed by atoms with Gasteiger partial charge in [0, 0.05) is 17.3 Å². The zero-order chi connectivity index (χ0) is 14.5. The Hall–Kier alpha value is -2.49. The third-order valence-corrected chi connectivity index (χ3v) is 2.83. The molecule has 2 rings (SSSR count). The second kappa shape index (κ2) is 6.10. The minimum atomic E-state index is -0.167. The summed E-state index contributed by atoms with van der Waals surface area (Å²) in [6.07, 6.45) is 0. The first-order chi connectivity index (χ1) is 9.60. The lowest BCUT2D eigenvalue weighted by Crippen LogP contribution is -2.13. The molecule has 0 saturated heterocycles. The SMILES string of the molecule is CCOc1cc(N)ccc1NC(=O)c1cccc(C)c1. The van der Waals surface area contributed by atoms with Gasteiger partial charge in [0.25, 0.3) is 5.91 Å². The van der Waals surface area contributed by atoms with E-state index < -0.39 is 0 Å². The number of benzene rings is 2. The predicted octanol–water partition coefficient (Wildman–Crippen LogP) is 3.23. The Balaban J connectivity index is 2.23. The monoisotopic (exact) mass is 270 g/mol. The van der Waals surface area contributed by atoms with Gasteiger partial charge in [-0.15, -0.1) is 0 Å². The molecule has 0 aromatic heterocycles. The molecule has 0 aliphatic carbocycles. The summed E-state index contributed by atoms with van der Waals surface area (Å²) < 4.78 is 5.48. The van der Waals surface area contributed by atoms with Crippen LogP contribution in [0.4, 0.5) is 11.4 Å². The number of nitrogens with one attached hydrogen (secondary N) is 1. The first-order valence-electron chi connectivity index (χ1n) is 6.50. The first-order valence-corrected chi connectivity index (χ1v) is 6.50. The maximum Gasteiger partial charge on any atom is 0.255 e. The molecule has 4 heteroatoms. The molecule has 0 spiro atoms. The molecule has 0 heterocycles. The summed E-state index contributed by atoms with van der Waals surface area (Å²) in [4.78, 5) is 12.2. The lowest BCUT2D eigenvalue weighted by atomic mass is 10.1. The van der Waals surface area contributed by atoms with Gasteiger partial charge in [-0.25, -0.2) is 0 Å². The van der Waals surface area contributed by atoms with Gasteiger partial charge in [0.1, 0.15) is 5.75 Å². The average Bonchev–Trinajstić information content (AvgIpc) is 2.42. The summed E-state index contributed by atoms with van der Waals surface area (Å²) in [5.41, 5.74) is 8.60. The Bertz CT molecular complexity index is 624. The van der Waals surface area contributed by atoms with E-state index in [4.69, 9.17) is 10.5 Å². The average molecular weight is 270 g/mol. The zero-order valence-electron chi connectivity index (χ0n) is 11.6. The fourth-order valence-electron chi connectivity index (χ4n) is 1.90. The quantitative estimate of drug-likeness (QED) is 0.838. The van der Waals surface area contributed by atoms with Crippen LogP contribution in [-0.2, 0) is 0 Å². The topological polar surface area (TPSA) is 64.3 Å². The summed E-state index contributed by atoms with van der Waals surface area (Å²) in [7, 11) is 0. The molecule has 0 aliphatic rings. The van der Waals surface area contributed by atoms with Crippen LogP contribution in [0.5, 0.6) is 5.75 Å². The van der Waals surface area contributed by atoms with Gasteiger partial charge in [-0.3, -0.25) is 4.79 Å². The van der Waals surface area contributed by atoms with Crippen molar-refractivity contribution < 1.29 is 9.53 Å². The van der Waals surface area contributed by atoms with Gasteiger partial charge in [-0.2, -0.15) is 0 Å². The van der Waals surface area contributed by atoms with Gasteiger partial charge in [0.2, 0.25) is 0 Å². The van der Waals surface area contributed by atoms with E-state index in [0.717, 1.165) is 5.56 Å². The second-order valence-corrected chi connectivity index (χ2v) is 4.51. The van der Waals surface area contributed by atoms with Crippen LogP contribution in [0.15, 0.2) is 42.5 Å². The van der Waals surface area contributed by atoms with Crippen molar-refractivity contribution in [3.8, 4) is 5.75 Å². The molecule has 1 amide bonds. The molecule has 0 atom stereocenters. The van der Waals surface area contributed by atoms with E-state index in [1.165, 1.54) is 0 Å². The van der Waals surface area contributed by atoms with E-state index in [9.17, 15) is 4.79 Å². The minimum Gasteiger partial charge on any atom is -0.492 e. The van der Waals surface area contributed by atoms with E-state index in [0.29, 0.717) is 29.3 Å². The number of hydrogen-bond acceptors (Lipinski definition) is 3. The largest absolute Gasteiger partial charge is 0.492 e. The van der Waals surface area contributed by atoms with Crippen molar-refractivity contribution in [3.05, 3.63) is 53.6 Å². The number of carbonyl (C=O) groups excluding carboxylic acids is 1. The molecule has 0 bridgehead atoms. The van der Waals surface area contributed by atoms with Gasteiger partial charge in [0.05, 0.1) is 12.3 Å². The molecule has 0 saturated carbocycles. The van der Waals surface area contributed by atoms with Crippen molar-refractivity contribution in [2.75, 3.05) is 17.7 Å². The standard InChI is InChI=1S/C16H18N2O2/c1-3-20-15-10-13(17)7-8-14(15)18-16(19)12-6-4-5-11(2)9-12/h4-10H,3,17H2,1-2H3,(H,18,19). The highest BCUT2D eigenvalue weighted by Crippen LogP contribution is 2.27. The number of ether oxygens (including phenoxy) is 1. The van der Waals surface area contributed by atoms with Gasteiger partial charge >= 0.3 is 0 Å². The normalized spacial score (nSPS) is 10.1. The predicted molar refractivity (Wildman–Crippen MR) is 81.2 cm³/mol. The molecule has 20 heavy (non-hydrogen) atoms. The van der Waals surface area contributed by atoms with Crippen LogP contribution in [-0.4, -0.2) is 12.5 Å². The number of anilines is 2. The Kier molecular flexibility index (Phi) is 4.25. The van der Waals surface area contributed by atoms with Crippen molar-refractivity contribution in [1.29, 1.82) is 0 Å². The van der Waals surface area contributed by atoms with Gasteiger partial charge in [-0.05, 0) is 38.1 Å². The second-order valence-electron chi connectivity index (χ2n) is 4.51. The van der Waals surface area contributed by atoms with Crippen molar-refractivity contribution in [2.45, 2.75) is 13.8 Å². The summed E-state index contributed by atoms with van der Waals surface area (Å²) in [6.45, 7) is 4.34. The Labute approximate surface area is 118 Å². The van der Waals surface area contributed by atoms with Crippen LogP contribution in [0, 0.1) is 6.92 Å². The maximum atomic E-state index is 12.2. The maximum absolute atomic E-state index is 12.2. The van der Waals surface area contributed by atoms with Gasteiger partial charge in [-0.1, -0.05) is 17.7 Å². The number of hydrogen-bond donors (Lipinski definition) is 2. The van der Waals surface area contributed by atoms with Gasteiger partial charge in [0.15, 0.2) is 0 Å². The van der Waals surface area contributed by atoms with Gasteiger partial charge < -0.3 is 15.8 Å². The number of carbonyl (C=O) groups is 1. The van der Waals surface area contributed by atoms with E-state index in [1.54, 1.807) is 24.3 Å². The Morgan fingerprint density at radius 3 is 2.75 bits per heavy atom. The third-order valence-electron chi connectivity index (χ3n) is 2.83. The third kappa shape index (κ3) is 3.29. The summed E-state index contributed by atoms with van der Waals surface area (Å²) in [5, 5.41) is 2.85. The van der Waals surface area contributed by atoms with Crippen molar-refractivity contribution >= 4 is 17.3 Å². The molecule has 2 aromatic carbocycles. The molecule has 3 N–H and O–H groups in total. The number of amides is 1. The Morgan fingerprint density at radius 1 is 1.25 bits per heavy atom. The van der Waals surface area contributed by atoms with Crippen LogP contribution in [0.1, 0.15) is 22.8 Å². The number of rotatable bonds is 4. The lowest BCUT2D eigenvalue weighted by Gasteiger charge is -2.12. The number of nitrogens with two attached hydrogens (primary N) is 1. The summed E-state index contributed by atoms with van der Waals surface area (Å²) in [6, 6.07) is 12.6. The molecule has 0 unspecified atom stereocenters. The van der Waals surface area contributed by atoms with E-state index in [2.05, 4.69) is 5.32 Å². The van der Waals surface area contributed by atoms with Crippen molar-refractivity contribution in [1.82, 2.24) is 0 Å². The Morgan fingerprint density at radius 2 is 2.05 bits per heavy atom. The van der Waals surface area contributed by atoms with Crippen LogP contribution in [0.25, 0.3) is 0 Å². The van der Waals surface area contributed by atoms with E-state index >= 15 is 0 Å². The molecule has 0 radical (unpaired) electrons. The summed E-state index contributed by atoms with van der Waals surface area (Å²) in [5.74, 6) is 0.410. The van der Waals surface area contributed by atoms with Crippen LogP contribution in [0.2, 0.25) is 0 Å². The highest BCUT2D eigenvalue weighted by Gasteiger charge is 2.10. The molecule has 0 fully saturated rings. The smallest absolute Gasteiger partial charge is 0.255 e. The zero-order valence-corrected chi connectivity index (χ0v) is 11.6. The fourth-order valence-corrected chi connectivity index (χ4v) is 1.90. The molecule has 2 aromatic rings. The van der Waals surface area contributed by atoms with Crippen molar-refractivity contribution in [3.63, 3.8) is 0 Å². The fraction of sp³-hybridized carbons (Fsp3) is 0.188. The number of nitrogen functional groups attached to an aromatic ring is 1. The molecule has 104 valence electrons. The minimum absolute atomic E-state index is 0.167. The van der Waals surface area contributed by atoms with Crippen LogP contribution >= 0.6 is 0 Å². The number of aryl methyl sites for hydroxylation is 1. The van der Waals surface area contributed by atoms with Crippen molar-refractivity contribution in [2.24, 2.45) is 0 Å². The van der Waals surface area contributed by atoms with E-state index in [-0.39, 0.29) is 5.91 Å². The molecule has 4 nitrogen and oxygen atoms in total. The lowest BCUT2D eigenvalue weighted by molar-refractivity contribution is 0.102. The van der Waals surface area contributed by atoms with Crippen LogP contribution < -0.4 is 15.8 Å². The van der Waals surface area contributed by atoms with E-state index in [1.807, 2.05) is 32.0 Å². The van der Waals surface area contributed by atoms with Crippen LogP contribution in [0.3, 0.4) is 0 Å². The summed E-state index contributed by atoms with van der Waals surface area (Å²) >= 11 is 0. The highest BCUT2D eigenvalue weighted by molar-refractivity contribution is 6.05. The molecular formula is C16H18N2O2. The highest BCUT2D eigenvalue weighted by atomic mass is 16.5. The molecular weight excluding hydrogens is 252 g/mol. The first kappa shape index (κ1) is 13.9. The molecule has 0 aliphatic heterocycles.